The number of unbranched alkanes of at least 4 members (excludes halogenated alkanes) is 7. The van der Waals surface area contributed by atoms with Crippen molar-refractivity contribution in [2.45, 2.75) is 109 Å². The molecule has 2 heteroatoms. The summed E-state index contributed by atoms with van der Waals surface area (Å²) in [7, 11) is 0. The van der Waals surface area contributed by atoms with E-state index < -0.39 is 0 Å². The standard InChI is InChI=1S/C19H37NO/c1-3-5-7-8-9-11-13-17(12-10-6-4-2)20-15-19-14-18(20)16-21-19/h17-19H,3-16H2,1-2H3. The molecular formula is C19H37NO. The summed E-state index contributed by atoms with van der Waals surface area (Å²) >= 11 is 0. The zero-order chi connectivity index (χ0) is 14.9. The summed E-state index contributed by atoms with van der Waals surface area (Å²) in [5, 5.41) is 0. The van der Waals surface area contributed by atoms with Gasteiger partial charge < -0.3 is 4.74 Å². The van der Waals surface area contributed by atoms with Gasteiger partial charge in [0.1, 0.15) is 0 Å². The zero-order valence-electron chi connectivity index (χ0n) is 14.5. The van der Waals surface area contributed by atoms with E-state index in [2.05, 4.69) is 18.7 Å². The van der Waals surface area contributed by atoms with Crippen LogP contribution < -0.4 is 0 Å². The van der Waals surface area contributed by atoms with E-state index in [1.165, 1.54) is 83.6 Å². The van der Waals surface area contributed by atoms with Gasteiger partial charge >= 0.3 is 0 Å². The molecule has 2 saturated heterocycles. The molecule has 2 bridgehead atoms. The van der Waals surface area contributed by atoms with Gasteiger partial charge in [-0.25, -0.2) is 0 Å². The molecule has 2 rings (SSSR count). The number of hydrogen-bond donors (Lipinski definition) is 0. The zero-order valence-corrected chi connectivity index (χ0v) is 14.5. The molecule has 0 aromatic carbocycles. The van der Waals surface area contributed by atoms with Crippen LogP contribution in [-0.2, 0) is 4.74 Å². The van der Waals surface area contributed by atoms with Crippen LogP contribution >= 0.6 is 0 Å². The number of hydrogen-bond acceptors (Lipinski definition) is 2. The Morgan fingerprint density at radius 1 is 0.905 bits per heavy atom. The van der Waals surface area contributed by atoms with Crippen molar-refractivity contribution in [3.8, 4) is 0 Å². The Kier molecular flexibility index (Phi) is 8.10. The fraction of sp³-hybridized carbons (Fsp3) is 1.00. The largest absolute Gasteiger partial charge is 0.375 e. The van der Waals surface area contributed by atoms with E-state index in [0.29, 0.717) is 6.10 Å². The molecule has 2 nitrogen and oxygen atoms in total. The van der Waals surface area contributed by atoms with Crippen molar-refractivity contribution < 1.29 is 4.74 Å². The van der Waals surface area contributed by atoms with Crippen LogP contribution in [0.4, 0.5) is 0 Å². The molecule has 2 aliphatic heterocycles. The molecule has 0 amide bonds. The number of morpholine rings is 1. The summed E-state index contributed by atoms with van der Waals surface area (Å²) < 4.78 is 5.79. The summed E-state index contributed by atoms with van der Waals surface area (Å²) in [6.07, 6.45) is 17.5. The van der Waals surface area contributed by atoms with Crippen LogP contribution in [0, 0.1) is 0 Å². The average molecular weight is 296 g/mol. The Hall–Kier alpha value is -0.0800. The molecular weight excluding hydrogens is 258 g/mol. The van der Waals surface area contributed by atoms with Gasteiger partial charge in [-0.1, -0.05) is 71.6 Å². The minimum Gasteiger partial charge on any atom is -0.375 e. The number of likely N-dealkylation sites (tertiary alicyclic amines) is 1. The van der Waals surface area contributed by atoms with E-state index in [1.807, 2.05) is 0 Å². The van der Waals surface area contributed by atoms with Crippen LogP contribution in [0.2, 0.25) is 0 Å². The molecule has 0 radical (unpaired) electrons. The first-order chi connectivity index (χ1) is 10.3. The highest BCUT2D eigenvalue weighted by Crippen LogP contribution is 2.32. The van der Waals surface area contributed by atoms with Gasteiger partial charge in [0.15, 0.2) is 0 Å². The minimum atomic E-state index is 0.563. The summed E-state index contributed by atoms with van der Waals surface area (Å²) in [5.41, 5.74) is 0. The summed E-state index contributed by atoms with van der Waals surface area (Å²) in [6, 6.07) is 1.60. The maximum absolute atomic E-state index is 5.79. The van der Waals surface area contributed by atoms with Crippen LogP contribution in [0.25, 0.3) is 0 Å². The number of fused-ring (bicyclic) bond motifs is 2. The Morgan fingerprint density at radius 3 is 2.14 bits per heavy atom. The van der Waals surface area contributed by atoms with Crippen LogP contribution in [0.3, 0.4) is 0 Å². The molecule has 0 spiro atoms. The first-order valence-electron chi connectivity index (χ1n) is 9.72. The Morgan fingerprint density at radius 2 is 1.52 bits per heavy atom. The average Bonchev–Trinajstić information content (AvgIpc) is 3.12. The number of nitrogens with zero attached hydrogens (tertiary/aromatic N) is 1. The summed E-state index contributed by atoms with van der Waals surface area (Å²) in [4.78, 5) is 2.82. The van der Waals surface area contributed by atoms with Gasteiger partial charge in [-0.15, -0.1) is 0 Å². The molecule has 2 heterocycles. The molecule has 124 valence electrons. The molecule has 0 saturated carbocycles. The lowest BCUT2D eigenvalue weighted by atomic mass is 9.99. The molecule has 3 atom stereocenters. The van der Waals surface area contributed by atoms with E-state index in [0.717, 1.165) is 18.7 Å². The first-order valence-corrected chi connectivity index (χ1v) is 9.72. The highest BCUT2D eigenvalue weighted by Gasteiger charge is 2.41. The highest BCUT2D eigenvalue weighted by atomic mass is 16.5. The normalized spacial score (nSPS) is 26.6. The lowest BCUT2D eigenvalue weighted by molar-refractivity contribution is 0.00693. The fourth-order valence-electron chi connectivity index (χ4n) is 4.14. The molecule has 2 fully saturated rings. The summed E-state index contributed by atoms with van der Waals surface area (Å²) in [5.74, 6) is 0. The van der Waals surface area contributed by atoms with Crippen molar-refractivity contribution in [2.75, 3.05) is 13.2 Å². The van der Waals surface area contributed by atoms with E-state index in [1.54, 1.807) is 0 Å². The third kappa shape index (κ3) is 5.56. The van der Waals surface area contributed by atoms with Crippen LogP contribution in [0.1, 0.15) is 90.9 Å². The second-order valence-electron chi connectivity index (χ2n) is 7.25. The van der Waals surface area contributed by atoms with Gasteiger partial charge in [0, 0.05) is 18.6 Å². The molecule has 2 aliphatic rings. The Balaban J connectivity index is 1.68. The van der Waals surface area contributed by atoms with E-state index in [9.17, 15) is 0 Å². The maximum Gasteiger partial charge on any atom is 0.0718 e. The maximum atomic E-state index is 5.79. The topological polar surface area (TPSA) is 12.5 Å². The van der Waals surface area contributed by atoms with E-state index in [-0.39, 0.29) is 0 Å². The molecule has 3 unspecified atom stereocenters. The van der Waals surface area contributed by atoms with Gasteiger partial charge in [-0.05, 0) is 19.3 Å². The third-order valence-electron chi connectivity index (χ3n) is 5.44. The van der Waals surface area contributed by atoms with Crippen molar-refractivity contribution in [3.05, 3.63) is 0 Å². The van der Waals surface area contributed by atoms with Gasteiger partial charge in [-0.2, -0.15) is 0 Å². The monoisotopic (exact) mass is 295 g/mol. The van der Waals surface area contributed by atoms with Crippen molar-refractivity contribution in [1.29, 1.82) is 0 Å². The van der Waals surface area contributed by atoms with Gasteiger partial charge in [0.25, 0.3) is 0 Å². The van der Waals surface area contributed by atoms with Crippen LogP contribution in [-0.4, -0.2) is 36.2 Å². The minimum absolute atomic E-state index is 0.563. The predicted octanol–water partition coefficient (Wildman–Crippen LogP) is 5.16. The van der Waals surface area contributed by atoms with Gasteiger partial charge in [0.05, 0.1) is 12.7 Å². The fourth-order valence-corrected chi connectivity index (χ4v) is 4.14. The molecule has 0 aromatic heterocycles. The molecule has 21 heavy (non-hydrogen) atoms. The van der Waals surface area contributed by atoms with Crippen LogP contribution in [0.15, 0.2) is 0 Å². The quantitative estimate of drug-likeness (QED) is 0.461. The smallest absolute Gasteiger partial charge is 0.0718 e. The van der Waals surface area contributed by atoms with Crippen LogP contribution in [0.5, 0.6) is 0 Å². The van der Waals surface area contributed by atoms with Crippen molar-refractivity contribution in [1.82, 2.24) is 4.90 Å². The van der Waals surface area contributed by atoms with Crippen molar-refractivity contribution >= 4 is 0 Å². The predicted molar refractivity (Wildman–Crippen MR) is 90.8 cm³/mol. The van der Waals surface area contributed by atoms with Gasteiger partial charge in [0.2, 0.25) is 0 Å². The Bertz CT molecular complexity index is 268. The molecule has 0 aliphatic carbocycles. The second kappa shape index (κ2) is 9.84. The lowest BCUT2D eigenvalue weighted by Crippen LogP contribution is -2.44. The molecule has 0 aromatic rings. The lowest BCUT2D eigenvalue weighted by Gasteiger charge is -2.35. The number of ether oxygens (including phenoxy) is 1. The SMILES string of the molecule is CCCCCCCCC(CCCCC)N1CC2CC1CO2. The molecule has 0 N–H and O–H groups in total. The second-order valence-corrected chi connectivity index (χ2v) is 7.25. The highest BCUT2D eigenvalue weighted by molar-refractivity contribution is 4.94. The van der Waals surface area contributed by atoms with Crippen molar-refractivity contribution in [2.24, 2.45) is 0 Å². The summed E-state index contributed by atoms with van der Waals surface area (Å²) in [6.45, 7) is 6.84. The van der Waals surface area contributed by atoms with E-state index >= 15 is 0 Å². The third-order valence-corrected chi connectivity index (χ3v) is 5.44. The number of rotatable bonds is 12. The van der Waals surface area contributed by atoms with Gasteiger partial charge in [-0.3, -0.25) is 4.90 Å². The van der Waals surface area contributed by atoms with E-state index in [4.69, 9.17) is 4.74 Å². The Labute approximate surface area is 132 Å². The first kappa shape index (κ1) is 17.3. The van der Waals surface area contributed by atoms with Crippen molar-refractivity contribution in [3.63, 3.8) is 0 Å².